The summed E-state index contributed by atoms with van der Waals surface area (Å²) in [6.45, 7) is 4.75. The first-order valence-electron chi connectivity index (χ1n) is 0.224. The van der Waals surface area contributed by atoms with E-state index < -0.39 is 0 Å². The minimum absolute atomic E-state index is 0. The van der Waals surface area contributed by atoms with E-state index in [-0.39, 0.29) is 46.2 Å². The van der Waals surface area contributed by atoms with E-state index in [1.54, 1.807) is 0 Å². The molecule has 0 aromatic rings. The molecule has 4 radical (unpaired) electrons. The van der Waals surface area contributed by atoms with Gasteiger partial charge in [0.15, 0.2) is 0 Å². The predicted molar refractivity (Wildman–Crippen MR) is 16.5 cm³/mol. The fraction of sp³-hybridized carbons (Fsp3) is 0. The van der Waals surface area contributed by atoms with Crippen molar-refractivity contribution in [1.82, 2.24) is 0 Å². The Morgan fingerprint density at radius 3 is 1.25 bits per heavy atom. The van der Waals surface area contributed by atoms with E-state index in [0.717, 1.165) is 0 Å². The average Bonchev–Trinajstić information content (AvgIpc) is 1.00. The van der Waals surface area contributed by atoms with E-state index >= 15 is 0 Å². The second-order valence-corrected chi connectivity index (χ2v) is 0. The van der Waals surface area contributed by atoms with Gasteiger partial charge in [-0.1, -0.05) is 0 Å². The molecular weight excluding hydrogens is 76.9 g/mol. The summed E-state index contributed by atoms with van der Waals surface area (Å²) in [4.78, 5) is 0. The van der Waals surface area contributed by atoms with Crippen LogP contribution < -0.4 is 0 Å². The van der Waals surface area contributed by atoms with Crippen molar-refractivity contribution in [1.29, 1.82) is 5.26 Å². The van der Waals surface area contributed by atoms with Gasteiger partial charge in [-0.3, -0.25) is 0 Å². The third-order valence-electron chi connectivity index (χ3n) is 0. The van der Waals surface area contributed by atoms with Crippen LogP contribution in [0.1, 0.15) is 0 Å². The molecule has 0 atom stereocenters. The van der Waals surface area contributed by atoms with Crippen LogP contribution in [-0.2, 0) is 0 Å². The first-order chi connectivity index (χ1) is 1.00. The maximum Gasteiger partial charge on any atom is 2.00 e. The maximum absolute atomic E-state index is 6.25. The molecule has 0 amide bonds. The molecule has 0 aliphatic carbocycles. The Bertz CT molecular complexity index is 12.8. The molecule has 14 valence electrons. The van der Waals surface area contributed by atoms with Gasteiger partial charge in [-0.2, -0.15) is 0 Å². The Kier molecular flexibility index (Phi) is 242. The van der Waals surface area contributed by atoms with E-state index in [2.05, 4.69) is 0 Å². The van der Waals surface area contributed by atoms with Gasteiger partial charge in [0.25, 0.3) is 0 Å². The van der Waals surface area contributed by atoms with E-state index in [4.69, 9.17) is 11.8 Å². The van der Waals surface area contributed by atoms with Crippen LogP contribution in [0, 0.1) is 11.8 Å². The van der Waals surface area contributed by atoms with E-state index in [1.165, 1.54) is 0 Å². The summed E-state index contributed by atoms with van der Waals surface area (Å²) < 4.78 is 0. The molecule has 3 heteroatoms. The van der Waals surface area contributed by atoms with Crippen LogP contribution >= 0.6 is 0 Å². The largest absolute Gasteiger partial charge is 2.00 e. The Labute approximate surface area is 57.6 Å². The van der Waals surface area contributed by atoms with Gasteiger partial charge in [-0.15, -0.1) is 0 Å². The first kappa shape index (κ1) is 21.3. The summed E-state index contributed by atoms with van der Waals surface area (Å²) in [6.07, 6.45) is 0. The third-order valence-corrected chi connectivity index (χ3v) is 0. The topological polar surface area (TPSA) is 23.8 Å². The molecule has 0 saturated heterocycles. The van der Waals surface area contributed by atoms with Crippen molar-refractivity contribution >= 4 is 46.2 Å². The molecule has 0 bridgehead atoms. The van der Waals surface area contributed by atoms with E-state index in [1.807, 2.05) is 0 Å². The van der Waals surface area contributed by atoms with Crippen molar-refractivity contribution in [3.05, 3.63) is 6.57 Å². The van der Waals surface area contributed by atoms with Crippen LogP contribution in [0.2, 0.25) is 0 Å². The number of hydrogen-bond acceptors (Lipinski definition) is 1. The van der Waals surface area contributed by atoms with Gasteiger partial charge in [-0.25, -0.2) is 0 Å². The monoisotopic (exact) mass is 77.0 g/mol. The molecule has 0 unspecified atom stereocenters. The maximum atomic E-state index is 6.25. The molecule has 0 aliphatic heterocycles. The van der Waals surface area contributed by atoms with Gasteiger partial charge in [0.05, 0.1) is 0 Å². The van der Waals surface area contributed by atoms with Gasteiger partial charge in [0.2, 0.25) is 0 Å². The van der Waals surface area contributed by atoms with Crippen LogP contribution in [0.15, 0.2) is 0 Å². The van der Waals surface area contributed by atoms with Gasteiger partial charge < -0.3 is 20.2 Å². The molecule has 0 saturated carbocycles. The molecule has 0 rings (SSSR count). The Morgan fingerprint density at radius 2 is 1.25 bits per heavy atom. The number of rotatable bonds is 0. The zero-order chi connectivity index (χ0) is 2.00. The smallest absolute Gasteiger partial charge is 1.00 e. The molecule has 0 aromatic carbocycles. The number of nitrogens with zero attached hydrogens (tertiary/aromatic N) is 1. The second-order valence-electron chi connectivity index (χ2n) is 0. The second kappa shape index (κ2) is 45.5. The van der Waals surface area contributed by atoms with Crippen LogP contribution in [0.3, 0.4) is 0 Å². The van der Waals surface area contributed by atoms with Gasteiger partial charge >= 0.3 is 37.7 Å². The summed E-state index contributed by atoms with van der Waals surface area (Å²) in [5.41, 5.74) is 0. The molecular formula is CBCaN. The fourth-order valence-corrected chi connectivity index (χ4v) is 0. The van der Waals surface area contributed by atoms with Gasteiger partial charge in [-0.05, 0) is 0 Å². The summed E-state index contributed by atoms with van der Waals surface area (Å²) >= 11 is 0. The van der Waals surface area contributed by atoms with Crippen LogP contribution in [0.25, 0.3) is 0 Å². The molecule has 0 fully saturated rings. The molecule has 0 heterocycles. The molecule has 0 N–H and O–H groups in total. The minimum Gasteiger partial charge on any atom is -1.00 e. The number of hydrogen-bond donors (Lipinski definition) is 0. The molecule has 4 heavy (non-hydrogen) atoms. The predicted octanol–water partition coefficient (Wildman–Crippen LogP) is -0.665. The zero-order valence-electron chi connectivity index (χ0n) is 2.23. The Balaban J connectivity index is -0.00000000500. The third kappa shape index (κ3) is 14.0. The SMILES string of the molecule is [B-].[C-]#N.[Ca+2]. The van der Waals surface area contributed by atoms with Crippen LogP contribution in [-0.4, -0.2) is 46.2 Å². The Morgan fingerprint density at radius 1 is 1.25 bits per heavy atom. The summed E-state index contributed by atoms with van der Waals surface area (Å²) in [5, 5.41) is 6.25. The average molecular weight is 76.9 g/mol. The quantitative estimate of drug-likeness (QED) is 0.278. The van der Waals surface area contributed by atoms with Crippen molar-refractivity contribution in [2.24, 2.45) is 0 Å². The molecule has 0 aromatic heterocycles. The van der Waals surface area contributed by atoms with Crippen LogP contribution in [0.5, 0.6) is 0 Å². The Hall–Kier alpha value is 0.815. The van der Waals surface area contributed by atoms with Crippen molar-refractivity contribution < 1.29 is 0 Å². The normalized spacial score (nSPS) is 0.500. The first-order valence-corrected chi connectivity index (χ1v) is 0.224. The van der Waals surface area contributed by atoms with Gasteiger partial charge in [0.1, 0.15) is 0 Å². The van der Waals surface area contributed by atoms with Crippen LogP contribution in [0.4, 0.5) is 0 Å². The molecule has 1 nitrogen and oxygen atoms in total. The summed E-state index contributed by atoms with van der Waals surface area (Å²) in [6, 6.07) is 0. The van der Waals surface area contributed by atoms with Crippen molar-refractivity contribution in [2.45, 2.75) is 0 Å². The summed E-state index contributed by atoms with van der Waals surface area (Å²) in [5.74, 6) is 0. The fourth-order valence-electron chi connectivity index (χ4n) is 0. The minimum atomic E-state index is 0. The van der Waals surface area contributed by atoms with Crippen molar-refractivity contribution in [2.75, 3.05) is 0 Å². The molecule has 0 spiro atoms. The van der Waals surface area contributed by atoms with Crippen molar-refractivity contribution in [3.63, 3.8) is 0 Å². The van der Waals surface area contributed by atoms with Gasteiger partial charge in [0, 0.05) is 0 Å². The summed E-state index contributed by atoms with van der Waals surface area (Å²) in [7, 11) is 0. The molecule has 0 aliphatic rings. The standard InChI is InChI=1S/CN.B.Ca/c1-2;;/q2*-1;+2. The zero-order valence-corrected chi connectivity index (χ0v) is 4.44. The van der Waals surface area contributed by atoms with Crippen molar-refractivity contribution in [3.8, 4) is 0 Å². The van der Waals surface area contributed by atoms with E-state index in [0.29, 0.717) is 0 Å². The van der Waals surface area contributed by atoms with E-state index in [9.17, 15) is 0 Å².